The zero-order chi connectivity index (χ0) is 10.8. The highest BCUT2D eigenvalue weighted by Crippen LogP contribution is 2.32. The summed E-state index contributed by atoms with van der Waals surface area (Å²) in [4.78, 5) is 1.41. The molecule has 2 heteroatoms. The van der Waals surface area contributed by atoms with Crippen LogP contribution in [-0.2, 0) is 0 Å². The molecule has 2 aromatic rings. The predicted octanol–water partition coefficient (Wildman–Crippen LogP) is 3.74. The molecule has 0 spiro atoms. The average molecular weight is 219 g/mol. The van der Waals surface area contributed by atoms with Crippen molar-refractivity contribution < 1.29 is 0 Å². The first-order valence-corrected chi connectivity index (χ1v) is 6.28. The van der Waals surface area contributed by atoms with Gasteiger partial charge in [-0.2, -0.15) is 0 Å². The van der Waals surface area contributed by atoms with Crippen molar-refractivity contribution in [2.24, 2.45) is 5.73 Å². The third-order valence-electron chi connectivity index (χ3n) is 3.01. The Balaban J connectivity index is 2.36. The summed E-state index contributed by atoms with van der Waals surface area (Å²) < 4.78 is 1.36. The third-order valence-corrected chi connectivity index (χ3v) is 4.32. The first-order chi connectivity index (χ1) is 7.22. The predicted molar refractivity (Wildman–Crippen MR) is 68.5 cm³/mol. The van der Waals surface area contributed by atoms with Crippen LogP contribution in [0.15, 0.2) is 30.3 Å². The molecule has 0 aliphatic heterocycles. The van der Waals surface area contributed by atoms with E-state index in [2.05, 4.69) is 44.2 Å². The van der Waals surface area contributed by atoms with E-state index in [-0.39, 0.29) is 6.04 Å². The fourth-order valence-corrected chi connectivity index (χ4v) is 2.98. The lowest BCUT2D eigenvalue weighted by Gasteiger charge is -2.16. The summed E-state index contributed by atoms with van der Waals surface area (Å²) in [6, 6.07) is 11.1. The Morgan fingerprint density at radius 1 is 1.33 bits per heavy atom. The van der Waals surface area contributed by atoms with Crippen molar-refractivity contribution >= 4 is 21.4 Å². The largest absolute Gasteiger partial charge is 0.327 e. The van der Waals surface area contributed by atoms with E-state index in [4.69, 9.17) is 5.73 Å². The van der Waals surface area contributed by atoms with Crippen molar-refractivity contribution in [3.63, 3.8) is 0 Å². The van der Waals surface area contributed by atoms with Crippen LogP contribution in [0.1, 0.15) is 31.1 Å². The third kappa shape index (κ3) is 2.06. The van der Waals surface area contributed by atoms with E-state index in [9.17, 15) is 0 Å². The van der Waals surface area contributed by atoms with Crippen molar-refractivity contribution in [2.75, 3.05) is 0 Å². The SMILES string of the molecule is CCC(N)C(C)c1cc2ccccc2s1. The van der Waals surface area contributed by atoms with Gasteiger partial charge in [-0.05, 0) is 23.9 Å². The molecule has 1 aromatic carbocycles. The normalized spacial score (nSPS) is 15.4. The number of nitrogens with two attached hydrogens (primary N) is 1. The molecule has 0 aliphatic carbocycles. The van der Waals surface area contributed by atoms with Gasteiger partial charge in [-0.3, -0.25) is 0 Å². The zero-order valence-corrected chi connectivity index (χ0v) is 10.1. The van der Waals surface area contributed by atoms with Crippen LogP contribution in [-0.4, -0.2) is 6.04 Å². The number of thiophene rings is 1. The number of benzene rings is 1. The lowest BCUT2D eigenvalue weighted by atomic mass is 9.99. The second kappa shape index (κ2) is 4.33. The molecule has 2 N–H and O–H groups in total. The topological polar surface area (TPSA) is 26.0 Å². The van der Waals surface area contributed by atoms with Crippen LogP contribution in [0.3, 0.4) is 0 Å². The highest BCUT2D eigenvalue weighted by atomic mass is 32.1. The van der Waals surface area contributed by atoms with E-state index in [1.807, 2.05) is 11.3 Å². The van der Waals surface area contributed by atoms with E-state index >= 15 is 0 Å². The van der Waals surface area contributed by atoms with Crippen LogP contribution in [0.2, 0.25) is 0 Å². The van der Waals surface area contributed by atoms with Crippen LogP contribution in [0.4, 0.5) is 0 Å². The maximum atomic E-state index is 6.08. The molecule has 1 heterocycles. The summed E-state index contributed by atoms with van der Waals surface area (Å²) in [5, 5.41) is 1.34. The summed E-state index contributed by atoms with van der Waals surface area (Å²) >= 11 is 1.87. The van der Waals surface area contributed by atoms with Crippen LogP contribution in [0, 0.1) is 0 Å². The van der Waals surface area contributed by atoms with E-state index in [0.29, 0.717) is 5.92 Å². The molecule has 2 atom stereocenters. The Bertz CT molecular complexity index is 413. The fraction of sp³-hybridized carbons (Fsp3) is 0.385. The lowest BCUT2D eigenvalue weighted by molar-refractivity contribution is 0.558. The molecule has 0 saturated heterocycles. The minimum absolute atomic E-state index is 0.276. The van der Waals surface area contributed by atoms with E-state index in [1.165, 1.54) is 15.0 Å². The second-order valence-electron chi connectivity index (χ2n) is 4.05. The maximum absolute atomic E-state index is 6.08. The fourth-order valence-electron chi connectivity index (χ4n) is 1.79. The molecule has 1 nitrogen and oxygen atoms in total. The van der Waals surface area contributed by atoms with Crippen molar-refractivity contribution in [1.82, 2.24) is 0 Å². The van der Waals surface area contributed by atoms with E-state index < -0.39 is 0 Å². The molecule has 0 amide bonds. The summed E-state index contributed by atoms with van der Waals surface area (Å²) in [5.74, 6) is 0.465. The Labute approximate surface area is 94.9 Å². The standard InChI is InChI=1S/C13H17NS/c1-3-11(14)9(2)13-8-10-6-4-5-7-12(10)15-13/h4-9,11H,3,14H2,1-2H3. The van der Waals surface area contributed by atoms with Crippen LogP contribution >= 0.6 is 11.3 Å². The van der Waals surface area contributed by atoms with Crippen molar-refractivity contribution in [2.45, 2.75) is 32.2 Å². The van der Waals surface area contributed by atoms with Gasteiger partial charge in [0.1, 0.15) is 0 Å². The van der Waals surface area contributed by atoms with E-state index in [0.717, 1.165) is 6.42 Å². The zero-order valence-electron chi connectivity index (χ0n) is 9.23. The second-order valence-corrected chi connectivity index (χ2v) is 5.16. The smallest absolute Gasteiger partial charge is 0.0345 e. The molecule has 0 aliphatic rings. The van der Waals surface area contributed by atoms with Crippen molar-refractivity contribution in [3.8, 4) is 0 Å². The molecule has 0 radical (unpaired) electrons. The monoisotopic (exact) mass is 219 g/mol. The summed E-state index contributed by atoms with van der Waals surface area (Å²) in [7, 11) is 0. The quantitative estimate of drug-likeness (QED) is 0.836. The summed E-state index contributed by atoms with van der Waals surface area (Å²) in [6.07, 6.45) is 1.04. The van der Waals surface area contributed by atoms with Gasteiger partial charge in [-0.1, -0.05) is 32.0 Å². The van der Waals surface area contributed by atoms with Crippen molar-refractivity contribution in [1.29, 1.82) is 0 Å². The highest BCUT2D eigenvalue weighted by Gasteiger charge is 2.15. The molecule has 0 saturated carbocycles. The van der Waals surface area contributed by atoms with Gasteiger partial charge in [0.25, 0.3) is 0 Å². The Morgan fingerprint density at radius 2 is 2.07 bits per heavy atom. The van der Waals surface area contributed by atoms with Crippen LogP contribution < -0.4 is 5.73 Å². The molecule has 15 heavy (non-hydrogen) atoms. The number of hydrogen-bond acceptors (Lipinski definition) is 2. The summed E-state index contributed by atoms with van der Waals surface area (Å²) in [5.41, 5.74) is 6.08. The molecule has 80 valence electrons. The molecule has 1 aromatic heterocycles. The number of fused-ring (bicyclic) bond motifs is 1. The van der Waals surface area contributed by atoms with Gasteiger partial charge in [-0.15, -0.1) is 11.3 Å². The Kier molecular flexibility index (Phi) is 3.08. The molecular weight excluding hydrogens is 202 g/mol. The maximum Gasteiger partial charge on any atom is 0.0345 e. The van der Waals surface area contributed by atoms with Gasteiger partial charge in [-0.25, -0.2) is 0 Å². The van der Waals surface area contributed by atoms with Crippen molar-refractivity contribution in [3.05, 3.63) is 35.2 Å². The Morgan fingerprint density at radius 3 is 2.73 bits per heavy atom. The number of rotatable bonds is 3. The van der Waals surface area contributed by atoms with E-state index in [1.54, 1.807) is 0 Å². The average Bonchev–Trinajstić information content (AvgIpc) is 2.70. The lowest BCUT2D eigenvalue weighted by Crippen LogP contribution is -2.24. The summed E-state index contributed by atoms with van der Waals surface area (Å²) in [6.45, 7) is 4.37. The first kappa shape index (κ1) is 10.7. The van der Waals surface area contributed by atoms with Gasteiger partial charge >= 0.3 is 0 Å². The number of hydrogen-bond donors (Lipinski definition) is 1. The Hall–Kier alpha value is -0.860. The van der Waals surface area contributed by atoms with Gasteiger partial charge in [0, 0.05) is 21.5 Å². The minimum atomic E-state index is 0.276. The molecule has 0 fully saturated rings. The van der Waals surface area contributed by atoms with Crippen LogP contribution in [0.5, 0.6) is 0 Å². The minimum Gasteiger partial charge on any atom is -0.327 e. The molecule has 0 bridgehead atoms. The van der Waals surface area contributed by atoms with Crippen LogP contribution in [0.25, 0.3) is 10.1 Å². The molecule has 2 rings (SSSR count). The molecule has 2 unspecified atom stereocenters. The van der Waals surface area contributed by atoms with Gasteiger partial charge in [0.15, 0.2) is 0 Å². The van der Waals surface area contributed by atoms with Gasteiger partial charge in [0.05, 0.1) is 0 Å². The first-order valence-electron chi connectivity index (χ1n) is 5.46. The van der Waals surface area contributed by atoms with Gasteiger partial charge < -0.3 is 5.73 Å². The highest BCUT2D eigenvalue weighted by molar-refractivity contribution is 7.19. The van der Waals surface area contributed by atoms with Gasteiger partial charge in [0.2, 0.25) is 0 Å². The molecular formula is C13H17NS.